The van der Waals surface area contributed by atoms with E-state index in [1.807, 2.05) is 30.0 Å². The van der Waals surface area contributed by atoms with E-state index >= 15 is 0 Å². The lowest BCUT2D eigenvalue weighted by atomic mass is 9.87. The normalized spacial score (nSPS) is 29.3. The monoisotopic (exact) mass is 355 g/mol. The van der Waals surface area contributed by atoms with E-state index in [0.29, 0.717) is 0 Å². The molecule has 1 aromatic carbocycles. The molecule has 1 radical (unpaired) electrons. The first kappa shape index (κ1) is 16.9. The van der Waals surface area contributed by atoms with E-state index in [9.17, 15) is 5.11 Å². The van der Waals surface area contributed by atoms with Crippen molar-refractivity contribution in [1.29, 1.82) is 0 Å². The number of aliphatic imine (C=N–C) groups is 1. The highest BCUT2D eigenvalue weighted by atomic mass is 32.2. The average molecular weight is 356 g/mol. The Labute approximate surface area is 153 Å². The summed E-state index contributed by atoms with van der Waals surface area (Å²) in [4.78, 5) is 7.15. The van der Waals surface area contributed by atoms with Gasteiger partial charge in [0.05, 0.1) is 17.4 Å². The summed E-state index contributed by atoms with van der Waals surface area (Å²) in [5.74, 6) is 2.03. The Kier molecular flexibility index (Phi) is 4.48. The van der Waals surface area contributed by atoms with E-state index in [1.54, 1.807) is 0 Å². The average Bonchev–Trinajstić information content (AvgIpc) is 2.92. The molecule has 3 aliphatic heterocycles. The maximum absolute atomic E-state index is 11.1. The third-order valence-electron chi connectivity index (χ3n) is 5.41. The van der Waals surface area contributed by atoms with Crippen LogP contribution in [0.2, 0.25) is 0 Å². The lowest BCUT2D eigenvalue weighted by Gasteiger charge is -2.40. The van der Waals surface area contributed by atoms with Crippen LogP contribution in [0.5, 0.6) is 0 Å². The molecule has 2 N–H and O–H groups in total. The number of rotatable bonds is 3. The minimum Gasteiger partial charge on any atom is -0.389 e. The standard InChI is InChI=1S/C20H25N3OS/c1-4-25-19-15-10-11-23-13(3)12(2)21-20(23)17(15)22-16(18(19)24)14-8-6-5-7-9-14/h5-9,16,18-19,22,24H,4,10-11H2,1-3H3/q+1/t16-,18-,19-/m1/s1. The van der Waals surface area contributed by atoms with Crippen molar-refractivity contribution in [1.82, 2.24) is 10.2 Å². The van der Waals surface area contributed by atoms with Gasteiger partial charge in [-0.2, -0.15) is 16.8 Å². The van der Waals surface area contributed by atoms with E-state index in [0.717, 1.165) is 41.5 Å². The molecule has 0 bridgehead atoms. The molecule has 1 aromatic rings. The van der Waals surface area contributed by atoms with Crippen LogP contribution in [0.15, 0.2) is 58.0 Å². The van der Waals surface area contributed by atoms with Gasteiger partial charge in [0, 0.05) is 13.3 Å². The van der Waals surface area contributed by atoms with Crippen molar-refractivity contribution in [2.75, 3.05) is 12.3 Å². The fourth-order valence-corrected chi connectivity index (χ4v) is 5.15. The number of aliphatic hydroxyl groups is 1. The predicted octanol–water partition coefficient (Wildman–Crippen LogP) is 3.27. The first-order chi connectivity index (χ1) is 12.1. The zero-order chi connectivity index (χ0) is 17.6. The summed E-state index contributed by atoms with van der Waals surface area (Å²) in [5.41, 5.74) is 5.91. The van der Waals surface area contributed by atoms with E-state index in [-0.39, 0.29) is 11.3 Å². The first-order valence-corrected chi connectivity index (χ1v) is 10.0. The molecule has 3 heterocycles. The smallest absolute Gasteiger partial charge is 0.305 e. The number of benzene rings is 1. The molecule has 0 amide bonds. The van der Waals surface area contributed by atoms with Crippen LogP contribution in [0.4, 0.5) is 0 Å². The Balaban J connectivity index is 1.77. The van der Waals surface area contributed by atoms with Crippen molar-refractivity contribution in [3.8, 4) is 0 Å². The Morgan fingerprint density at radius 3 is 2.76 bits per heavy atom. The van der Waals surface area contributed by atoms with Crippen molar-refractivity contribution in [2.24, 2.45) is 4.99 Å². The van der Waals surface area contributed by atoms with Gasteiger partial charge in [-0.15, -0.1) is 0 Å². The van der Waals surface area contributed by atoms with Gasteiger partial charge >= 0.3 is 5.84 Å². The second-order valence-corrected chi connectivity index (χ2v) is 8.23. The highest BCUT2D eigenvalue weighted by Gasteiger charge is 2.48. The van der Waals surface area contributed by atoms with Gasteiger partial charge < -0.3 is 10.4 Å². The highest BCUT2D eigenvalue weighted by molar-refractivity contribution is 8.00. The lowest BCUT2D eigenvalue weighted by molar-refractivity contribution is 0.128. The molecule has 131 valence electrons. The van der Waals surface area contributed by atoms with Crippen LogP contribution >= 0.6 is 11.8 Å². The van der Waals surface area contributed by atoms with Crippen LogP contribution in [0.1, 0.15) is 38.8 Å². The fraction of sp³-hybridized carbons (Fsp3) is 0.450. The van der Waals surface area contributed by atoms with Crippen LogP contribution in [0.25, 0.3) is 0 Å². The van der Waals surface area contributed by atoms with Crippen LogP contribution in [0.3, 0.4) is 0 Å². The summed E-state index contributed by atoms with van der Waals surface area (Å²) in [6, 6.07) is 10.2. The topological polar surface area (TPSA) is 50.5 Å². The molecule has 5 heteroatoms. The van der Waals surface area contributed by atoms with Gasteiger partial charge in [-0.1, -0.05) is 42.2 Å². The summed E-state index contributed by atoms with van der Waals surface area (Å²) < 4.78 is 0. The molecule has 0 aromatic heterocycles. The number of fused-ring (bicyclic) bond motifs is 2. The largest absolute Gasteiger partial charge is 0.389 e. The molecule has 0 saturated heterocycles. The van der Waals surface area contributed by atoms with Crippen molar-refractivity contribution in [2.45, 2.75) is 44.6 Å². The number of hydrogen-bond acceptors (Lipinski definition) is 5. The van der Waals surface area contributed by atoms with Gasteiger partial charge in [0.15, 0.2) is 5.70 Å². The maximum atomic E-state index is 11.1. The predicted molar refractivity (Wildman–Crippen MR) is 105 cm³/mol. The van der Waals surface area contributed by atoms with Crippen molar-refractivity contribution in [3.63, 3.8) is 0 Å². The molecule has 4 nitrogen and oxygen atoms in total. The molecule has 0 aliphatic carbocycles. The molecular formula is C20H25N3OS+. The summed E-state index contributed by atoms with van der Waals surface area (Å²) in [6.45, 7) is 7.33. The number of hydrogen-bond donors (Lipinski definition) is 2. The van der Waals surface area contributed by atoms with Crippen molar-refractivity contribution >= 4 is 17.6 Å². The number of aliphatic hydroxyl groups excluding tert-OH is 1. The van der Waals surface area contributed by atoms with Crippen LogP contribution in [0, 0.1) is 0 Å². The summed E-state index contributed by atoms with van der Waals surface area (Å²) in [6.07, 6.45) is 0.539. The van der Waals surface area contributed by atoms with Gasteiger partial charge in [-0.3, -0.25) is 0 Å². The molecule has 25 heavy (non-hydrogen) atoms. The molecule has 3 atom stereocenters. The number of amidine groups is 1. The van der Waals surface area contributed by atoms with Gasteiger partial charge in [0.1, 0.15) is 17.9 Å². The summed E-state index contributed by atoms with van der Waals surface area (Å²) >= 11 is 1.85. The van der Waals surface area contributed by atoms with Gasteiger partial charge in [0.25, 0.3) is 0 Å². The Bertz CT molecular complexity index is 768. The quantitative estimate of drug-likeness (QED) is 0.818. The van der Waals surface area contributed by atoms with E-state index in [1.165, 1.54) is 11.3 Å². The summed E-state index contributed by atoms with van der Waals surface area (Å²) in [5, 5.41) is 14.9. The minimum atomic E-state index is -0.435. The number of allylic oxidation sites excluding steroid dienone is 2. The maximum Gasteiger partial charge on any atom is 0.305 e. The Hall–Kier alpha value is -1.56. The summed E-state index contributed by atoms with van der Waals surface area (Å²) in [7, 11) is 0. The number of nitrogens with zero attached hydrogens (tertiary/aromatic N) is 2. The van der Waals surface area contributed by atoms with E-state index in [2.05, 4.69) is 43.1 Å². The number of thioether (sulfide) groups is 1. The van der Waals surface area contributed by atoms with Crippen LogP contribution in [-0.2, 0) is 0 Å². The van der Waals surface area contributed by atoms with Crippen molar-refractivity contribution < 1.29 is 5.11 Å². The van der Waals surface area contributed by atoms with Crippen LogP contribution in [-0.4, -0.2) is 34.6 Å². The zero-order valence-corrected chi connectivity index (χ0v) is 15.8. The van der Waals surface area contributed by atoms with Crippen LogP contribution < -0.4 is 10.2 Å². The highest BCUT2D eigenvalue weighted by Crippen LogP contribution is 2.41. The number of nitrogens with one attached hydrogen (secondary N) is 1. The van der Waals surface area contributed by atoms with E-state index < -0.39 is 6.10 Å². The molecular weight excluding hydrogens is 330 g/mol. The molecule has 0 unspecified atom stereocenters. The lowest BCUT2D eigenvalue weighted by Crippen LogP contribution is -2.52. The Morgan fingerprint density at radius 2 is 2.04 bits per heavy atom. The zero-order valence-electron chi connectivity index (χ0n) is 15.0. The van der Waals surface area contributed by atoms with Gasteiger partial charge in [0.2, 0.25) is 0 Å². The molecule has 0 saturated carbocycles. The molecule has 0 fully saturated rings. The Morgan fingerprint density at radius 1 is 1.28 bits per heavy atom. The third-order valence-corrected chi connectivity index (χ3v) is 6.66. The second kappa shape index (κ2) is 6.63. The van der Waals surface area contributed by atoms with E-state index in [4.69, 9.17) is 4.99 Å². The molecule has 3 aliphatic rings. The fourth-order valence-electron chi connectivity index (χ4n) is 4.00. The third kappa shape index (κ3) is 2.75. The molecule has 0 spiro atoms. The van der Waals surface area contributed by atoms with Crippen molar-refractivity contribution in [3.05, 3.63) is 58.6 Å². The van der Waals surface area contributed by atoms with Gasteiger partial charge in [-0.05, 0) is 23.8 Å². The minimum absolute atomic E-state index is 0.104. The SMILES string of the molecule is CCS[C@@H]1C2=C(N[C@H](c3ccccc3)[C@H]1O)C1=NC(C)=C(C)[N+]1CC2. The van der Waals surface area contributed by atoms with Gasteiger partial charge in [-0.25, -0.2) is 0 Å². The first-order valence-electron chi connectivity index (χ1n) is 9.00. The molecule has 4 rings (SSSR count). The second-order valence-electron chi connectivity index (χ2n) is 6.81.